The summed E-state index contributed by atoms with van der Waals surface area (Å²) < 4.78 is 3.11. The summed E-state index contributed by atoms with van der Waals surface area (Å²) in [6.45, 7) is 5.19. The second-order valence-electron chi connectivity index (χ2n) is 4.90. The summed E-state index contributed by atoms with van der Waals surface area (Å²) in [6, 6.07) is 6.53. The van der Waals surface area contributed by atoms with Crippen molar-refractivity contribution in [3.63, 3.8) is 0 Å². The number of halogens is 1. The second kappa shape index (κ2) is 5.88. The molecule has 0 aliphatic rings. The summed E-state index contributed by atoms with van der Waals surface area (Å²) in [5, 5.41) is 3.16. The average molecular weight is 322 g/mol. The van der Waals surface area contributed by atoms with Gasteiger partial charge in [-0.25, -0.2) is 4.98 Å². The molecule has 0 atom stereocenters. The monoisotopic (exact) mass is 321 g/mol. The van der Waals surface area contributed by atoms with Gasteiger partial charge < -0.3 is 9.88 Å². The van der Waals surface area contributed by atoms with Gasteiger partial charge in [0, 0.05) is 25.6 Å². The molecule has 1 N–H and O–H groups in total. The number of nitrogens with one attached hydrogen (secondary N) is 1. The highest BCUT2D eigenvalue weighted by molar-refractivity contribution is 9.10. The molecular weight excluding hydrogens is 302 g/mol. The molecule has 0 fully saturated rings. The molecule has 0 aliphatic carbocycles. The van der Waals surface area contributed by atoms with E-state index in [1.807, 2.05) is 7.05 Å². The Balaban J connectivity index is 2.50. The van der Waals surface area contributed by atoms with Gasteiger partial charge in [0.05, 0.1) is 5.69 Å². The Bertz CT molecular complexity index is 587. The number of hydrogen-bond donors (Lipinski definition) is 1. The molecule has 0 bridgehead atoms. The van der Waals surface area contributed by atoms with E-state index in [0.717, 1.165) is 29.1 Å². The Morgan fingerprint density at radius 1 is 1.32 bits per heavy atom. The van der Waals surface area contributed by atoms with Crippen LogP contribution >= 0.6 is 15.9 Å². The lowest BCUT2D eigenvalue weighted by Crippen LogP contribution is -2.13. The molecule has 19 heavy (non-hydrogen) atoms. The first-order valence-corrected chi connectivity index (χ1v) is 7.27. The van der Waals surface area contributed by atoms with Crippen molar-refractivity contribution >= 4 is 15.9 Å². The van der Waals surface area contributed by atoms with Crippen LogP contribution in [0.4, 0.5) is 0 Å². The number of hydrogen-bond acceptors (Lipinski definition) is 2. The first-order valence-electron chi connectivity index (χ1n) is 6.48. The molecule has 0 spiro atoms. The van der Waals surface area contributed by atoms with Crippen molar-refractivity contribution in [1.82, 2.24) is 14.9 Å². The smallest absolute Gasteiger partial charge is 0.132 e. The molecule has 1 aromatic heterocycles. The minimum absolute atomic E-state index is 0.926. The molecular formula is C15H20BrN3. The molecule has 3 nitrogen and oxygen atoms in total. The minimum atomic E-state index is 0.926. The maximum Gasteiger partial charge on any atom is 0.132 e. The topological polar surface area (TPSA) is 29.9 Å². The van der Waals surface area contributed by atoms with Gasteiger partial charge in [-0.05, 0) is 48.5 Å². The third kappa shape index (κ3) is 2.90. The predicted molar refractivity (Wildman–Crippen MR) is 83.4 cm³/mol. The lowest BCUT2D eigenvalue weighted by atomic mass is 10.0. The summed E-state index contributed by atoms with van der Waals surface area (Å²) in [4.78, 5) is 4.63. The lowest BCUT2D eigenvalue weighted by Gasteiger charge is -2.10. The van der Waals surface area contributed by atoms with Crippen LogP contribution in [0.5, 0.6) is 0 Å². The molecule has 102 valence electrons. The van der Waals surface area contributed by atoms with Gasteiger partial charge in [0.2, 0.25) is 0 Å². The first-order chi connectivity index (χ1) is 9.04. The van der Waals surface area contributed by atoms with E-state index >= 15 is 0 Å². The third-order valence-electron chi connectivity index (χ3n) is 3.39. The van der Waals surface area contributed by atoms with E-state index in [2.05, 4.69) is 69.9 Å². The number of aryl methyl sites for hydroxylation is 2. The van der Waals surface area contributed by atoms with Crippen molar-refractivity contribution < 1.29 is 0 Å². The average Bonchev–Trinajstić information content (AvgIpc) is 2.65. The normalized spacial score (nSPS) is 11.0. The highest BCUT2D eigenvalue weighted by Gasteiger charge is 2.15. The zero-order valence-corrected chi connectivity index (χ0v) is 13.5. The van der Waals surface area contributed by atoms with E-state index < -0.39 is 0 Å². The molecule has 0 aliphatic heterocycles. The number of benzene rings is 1. The first kappa shape index (κ1) is 14.3. The van der Waals surface area contributed by atoms with Crippen LogP contribution < -0.4 is 5.32 Å². The van der Waals surface area contributed by atoms with Crippen LogP contribution in [0.15, 0.2) is 22.8 Å². The Hall–Kier alpha value is -1.13. The summed E-state index contributed by atoms with van der Waals surface area (Å²) in [6.07, 6.45) is 0.927. The molecule has 0 unspecified atom stereocenters. The van der Waals surface area contributed by atoms with Gasteiger partial charge in [-0.2, -0.15) is 0 Å². The van der Waals surface area contributed by atoms with Gasteiger partial charge in [0.15, 0.2) is 0 Å². The zero-order valence-electron chi connectivity index (χ0n) is 11.9. The van der Waals surface area contributed by atoms with Crippen molar-refractivity contribution in [2.24, 2.45) is 7.05 Å². The summed E-state index contributed by atoms with van der Waals surface area (Å²) in [5.74, 6) is 1.09. The summed E-state index contributed by atoms with van der Waals surface area (Å²) >= 11 is 3.60. The second-order valence-corrected chi connectivity index (χ2v) is 5.65. The molecule has 4 heteroatoms. The van der Waals surface area contributed by atoms with Gasteiger partial charge in [-0.1, -0.05) is 17.7 Å². The third-order valence-corrected chi connectivity index (χ3v) is 3.94. The highest BCUT2D eigenvalue weighted by Crippen LogP contribution is 2.31. The number of likely N-dealkylation sites (N-methyl/N-ethyl adjacent to an activating group) is 1. The predicted octanol–water partition coefficient (Wildman–Crippen LogP) is 3.23. The Kier molecular flexibility index (Phi) is 4.42. The summed E-state index contributed by atoms with van der Waals surface area (Å²) in [7, 11) is 4.05. The molecule has 0 saturated heterocycles. The Morgan fingerprint density at radius 3 is 2.74 bits per heavy atom. The van der Waals surface area contributed by atoms with E-state index in [1.165, 1.54) is 16.7 Å². The van der Waals surface area contributed by atoms with Gasteiger partial charge in [-0.15, -0.1) is 0 Å². The van der Waals surface area contributed by atoms with Crippen LogP contribution in [-0.4, -0.2) is 23.1 Å². The van der Waals surface area contributed by atoms with Crippen molar-refractivity contribution in [2.45, 2.75) is 20.3 Å². The van der Waals surface area contributed by atoms with Gasteiger partial charge in [0.1, 0.15) is 10.4 Å². The van der Waals surface area contributed by atoms with Gasteiger partial charge >= 0.3 is 0 Å². The van der Waals surface area contributed by atoms with E-state index in [-0.39, 0.29) is 0 Å². The molecule has 0 saturated carbocycles. The van der Waals surface area contributed by atoms with Crippen LogP contribution in [0.25, 0.3) is 11.3 Å². The van der Waals surface area contributed by atoms with Crippen molar-refractivity contribution in [1.29, 1.82) is 0 Å². The zero-order chi connectivity index (χ0) is 14.0. The Labute approximate surface area is 123 Å². The molecule has 2 rings (SSSR count). The maximum atomic E-state index is 4.63. The Morgan fingerprint density at radius 2 is 2.05 bits per heavy atom. The van der Waals surface area contributed by atoms with Crippen molar-refractivity contribution in [3.05, 3.63) is 39.8 Å². The molecule has 0 radical (unpaired) electrons. The lowest BCUT2D eigenvalue weighted by molar-refractivity contribution is 0.720. The van der Waals surface area contributed by atoms with Crippen molar-refractivity contribution in [2.75, 3.05) is 13.6 Å². The number of aromatic nitrogens is 2. The molecule has 0 amide bonds. The molecule has 2 aromatic rings. The standard InChI is InChI=1S/C15H20BrN3/c1-10-5-6-11(2)12(9-10)14-15(16)18-13(19(14)4)7-8-17-3/h5-6,9,17H,7-8H2,1-4H3. The fourth-order valence-corrected chi connectivity index (χ4v) is 2.94. The van der Waals surface area contributed by atoms with E-state index in [1.54, 1.807) is 0 Å². The molecule has 1 aromatic carbocycles. The van der Waals surface area contributed by atoms with Crippen molar-refractivity contribution in [3.8, 4) is 11.3 Å². The number of imidazole rings is 1. The fourth-order valence-electron chi connectivity index (χ4n) is 2.25. The SMILES string of the molecule is CNCCc1nc(Br)c(-c2cc(C)ccc2C)n1C. The van der Waals surface area contributed by atoms with Crippen LogP contribution in [0.1, 0.15) is 17.0 Å². The van der Waals surface area contributed by atoms with Gasteiger partial charge in [0.25, 0.3) is 0 Å². The number of nitrogens with zero attached hydrogens (tertiary/aromatic N) is 2. The quantitative estimate of drug-likeness (QED) is 0.937. The van der Waals surface area contributed by atoms with Crippen LogP contribution in [0.3, 0.4) is 0 Å². The minimum Gasteiger partial charge on any atom is -0.330 e. The summed E-state index contributed by atoms with van der Waals surface area (Å²) in [5.41, 5.74) is 4.95. The van der Waals surface area contributed by atoms with Gasteiger partial charge in [-0.3, -0.25) is 0 Å². The fraction of sp³-hybridized carbons (Fsp3) is 0.400. The van der Waals surface area contributed by atoms with Crippen LogP contribution in [0, 0.1) is 13.8 Å². The van der Waals surface area contributed by atoms with Crippen LogP contribution in [-0.2, 0) is 13.5 Å². The van der Waals surface area contributed by atoms with Crippen LogP contribution in [0.2, 0.25) is 0 Å². The highest BCUT2D eigenvalue weighted by atomic mass is 79.9. The van der Waals surface area contributed by atoms with E-state index in [9.17, 15) is 0 Å². The van der Waals surface area contributed by atoms with E-state index in [0.29, 0.717) is 0 Å². The number of rotatable bonds is 4. The maximum absolute atomic E-state index is 4.63. The molecule has 1 heterocycles. The van der Waals surface area contributed by atoms with E-state index in [4.69, 9.17) is 0 Å². The largest absolute Gasteiger partial charge is 0.330 e.